The normalized spacial score (nSPS) is 13.8. The zero-order chi connectivity index (χ0) is 19.8. The summed E-state index contributed by atoms with van der Waals surface area (Å²) >= 11 is 0. The highest BCUT2D eigenvalue weighted by atomic mass is 15.1. The molecular formula is C23H33N5. The Morgan fingerprint density at radius 1 is 1.00 bits per heavy atom. The van der Waals surface area contributed by atoms with E-state index >= 15 is 0 Å². The third-order valence-electron chi connectivity index (χ3n) is 5.24. The van der Waals surface area contributed by atoms with Crippen molar-refractivity contribution in [3.05, 3.63) is 47.8 Å². The van der Waals surface area contributed by atoms with Crippen LogP contribution >= 0.6 is 0 Å². The molecule has 1 aliphatic carbocycles. The highest BCUT2D eigenvalue weighted by Crippen LogP contribution is 2.22. The average molecular weight is 380 g/mol. The number of nitrogens with zero attached hydrogens (tertiary/aromatic N) is 3. The van der Waals surface area contributed by atoms with Crippen molar-refractivity contribution in [3.63, 3.8) is 0 Å². The number of hydrogen-bond acceptors (Lipinski definition) is 5. The molecule has 0 amide bonds. The highest BCUT2D eigenvalue weighted by molar-refractivity contribution is 5.62. The molecule has 0 aliphatic heterocycles. The summed E-state index contributed by atoms with van der Waals surface area (Å²) in [7, 11) is 0. The van der Waals surface area contributed by atoms with Crippen LogP contribution in [0.4, 0.5) is 23.0 Å². The molecule has 1 heterocycles. The largest absolute Gasteiger partial charge is 0.372 e. The van der Waals surface area contributed by atoms with Gasteiger partial charge in [-0.3, -0.25) is 0 Å². The van der Waals surface area contributed by atoms with Gasteiger partial charge < -0.3 is 15.5 Å². The molecule has 0 atom stereocenters. The van der Waals surface area contributed by atoms with Crippen LogP contribution < -0.4 is 15.5 Å². The molecule has 1 aromatic carbocycles. The second-order valence-electron chi connectivity index (χ2n) is 7.31. The third kappa shape index (κ3) is 5.72. The van der Waals surface area contributed by atoms with E-state index in [2.05, 4.69) is 69.7 Å². The summed E-state index contributed by atoms with van der Waals surface area (Å²) in [5.74, 6) is 2.47. The zero-order valence-corrected chi connectivity index (χ0v) is 17.5. The smallest absolute Gasteiger partial charge is 0.136 e. The molecule has 0 saturated heterocycles. The number of allylic oxidation sites excluding steroid dienone is 1. The van der Waals surface area contributed by atoms with Crippen molar-refractivity contribution in [2.45, 2.75) is 52.9 Å². The minimum absolute atomic E-state index is 0.768. The molecule has 5 nitrogen and oxygen atoms in total. The summed E-state index contributed by atoms with van der Waals surface area (Å²) in [6.45, 7) is 9.24. The molecule has 1 aliphatic rings. The Kier molecular flexibility index (Phi) is 7.29. The van der Waals surface area contributed by atoms with Crippen molar-refractivity contribution >= 4 is 23.0 Å². The molecule has 0 spiro atoms. The van der Waals surface area contributed by atoms with Gasteiger partial charge in [0.05, 0.1) is 0 Å². The maximum Gasteiger partial charge on any atom is 0.136 e. The molecular weight excluding hydrogens is 346 g/mol. The van der Waals surface area contributed by atoms with Crippen molar-refractivity contribution in [3.8, 4) is 0 Å². The third-order valence-corrected chi connectivity index (χ3v) is 5.24. The van der Waals surface area contributed by atoms with Crippen LogP contribution in [0.25, 0.3) is 0 Å². The molecule has 0 radical (unpaired) electrons. The summed E-state index contributed by atoms with van der Waals surface area (Å²) in [6, 6.07) is 10.5. The molecule has 150 valence electrons. The van der Waals surface area contributed by atoms with Gasteiger partial charge in [-0.25, -0.2) is 9.97 Å². The molecule has 2 aromatic rings. The van der Waals surface area contributed by atoms with Gasteiger partial charge in [0.1, 0.15) is 17.5 Å². The molecule has 0 unspecified atom stereocenters. The Morgan fingerprint density at radius 3 is 2.43 bits per heavy atom. The van der Waals surface area contributed by atoms with Gasteiger partial charge in [0.25, 0.3) is 0 Å². The number of anilines is 4. The van der Waals surface area contributed by atoms with Gasteiger partial charge >= 0.3 is 0 Å². The molecule has 3 rings (SSSR count). The number of benzene rings is 1. The predicted octanol–water partition coefficient (Wildman–Crippen LogP) is 5.68. The predicted molar refractivity (Wildman–Crippen MR) is 120 cm³/mol. The van der Waals surface area contributed by atoms with Crippen LogP contribution in [0.5, 0.6) is 0 Å². The molecule has 0 saturated carbocycles. The van der Waals surface area contributed by atoms with Crippen molar-refractivity contribution in [1.29, 1.82) is 0 Å². The van der Waals surface area contributed by atoms with Gasteiger partial charge in [-0.1, -0.05) is 11.6 Å². The Morgan fingerprint density at radius 2 is 1.75 bits per heavy atom. The van der Waals surface area contributed by atoms with E-state index in [4.69, 9.17) is 0 Å². The first-order valence-electron chi connectivity index (χ1n) is 10.6. The first-order chi connectivity index (χ1) is 13.7. The fourth-order valence-corrected chi connectivity index (χ4v) is 3.70. The van der Waals surface area contributed by atoms with Crippen LogP contribution in [0.3, 0.4) is 0 Å². The van der Waals surface area contributed by atoms with E-state index in [1.165, 1.54) is 31.4 Å². The first-order valence-corrected chi connectivity index (χ1v) is 10.6. The van der Waals surface area contributed by atoms with Crippen LogP contribution in [-0.4, -0.2) is 29.6 Å². The van der Waals surface area contributed by atoms with Crippen molar-refractivity contribution in [2.24, 2.45) is 0 Å². The maximum atomic E-state index is 4.53. The van der Waals surface area contributed by atoms with Gasteiger partial charge in [0.15, 0.2) is 0 Å². The van der Waals surface area contributed by atoms with Crippen molar-refractivity contribution in [2.75, 3.05) is 35.2 Å². The monoisotopic (exact) mass is 379 g/mol. The first kappa shape index (κ1) is 20.2. The second-order valence-corrected chi connectivity index (χ2v) is 7.31. The number of aryl methyl sites for hydroxylation is 1. The van der Waals surface area contributed by atoms with E-state index in [1.807, 2.05) is 13.0 Å². The van der Waals surface area contributed by atoms with Gasteiger partial charge in [0.2, 0.25) is 0 Å². The van der Waals surface area contributed by atoms with Crippen LogP contribution in [-0.2, 0) is 0 Å². The van der Waals surface area contributed by atoms with Crippen LogP contribution in [0.15, 0.2) is 42.0 Å². The number of hydrogen-bond donors (Lipinski definition) is 2. The topological polar surface area (TPSA) is 53.1 Å². The lowest BCUT2D eigenvalue weighted by atomic mass is 9.97. The number of aromatic nitrogens is 2. The van der Waals surface area contributed by atoms with Crippen molar-refractivity contribution < 1.29 is 0 Å². The van der Waals surface area contributed by atoms with Crippen molar-refractivity contribution in [1.82, 2.24) is 9.97 Å². The number of nitrogens with one attached hydrogen (secondary N) is 2. The van der Waals surface area contributed by atoms with E-state index in [-0.39, 0.29) is 0 Å². The Labute approximate surface area is 169 Å². The highest BCUT2D eigenvalue weighted by Gasteiger charge is 2.06. The fraction of sp³-hybridized carbons (Fsp3) is 0.478. The molecule has 5 heteroatoms. The minimum atomic E-state index is 0.768. The fourth-order valence-electron chi connectivity index (χ4n) is 3.70. The van der Waals surface area contributed by atoms with Gasteiger partial charge in [0, 0.05) is 37.1 Å². The van der Waals surface area contributed by atoms with E-state index in [1.54, 1.807) is 5.57 Å². The molecule has 2 N–H and O–H groups in total. The number of rotatable bonds is 9. The van der Waals surface area contributed by atoms with Crippen LogP contribution in [0.2, 0.25) is 0 Å². The van der Waals surface area contributed by atoms with E-state index in [0.717, 1.165) is 49.2 Å². The molecule has 0 bridgehead atoms. The maximum absolute atomic E-state index is 4.53. The lowest BCUT2D eigenvalue weighted by Crippen LogP contribution is -2.21. The average Bonchev–Trinajstić information content (AvgIpc) is 2.71. The summed E-state index contributed by atoms with van der Waals surface area (Å²) in [5.41, 5.74) is 3.86. The molecule has 28 heavy (non-hydrogen) atoms. The SMILES string of the molecule is CCN(CC)c1ccc(Nc2cc(NCCC3=CCCCC3)nc(C)n2)cc1. The molecule has 0 fully saturated rings. The lowest BCUT2D eigenvalue weighted by molar-refractivity contribution is 0.679. The van der Waals surface area contributed by atoms with Gasteiger partial charge in [-0.05, 0) is 77.1 Å². The lowest BCUT2D eigenvalue weighted by Gasteiger charge is -2.21. The Hall–Kier alpha value is -2.56. The van der Waals surface area contributed by atoms with Gasteiger partial charge in [-0.15, -0.1) is 0 Å². The summed E-state index contributed by atoms with van der Waals surface area (Å²) in [5, 5.41) is 6.87. The standard InChI is InChI=1S/C23H33N5/c1-4-28(5-2)21-13-11-20(12-14-21)27-23-17-22(25-18(3)26-23)24-16-15-19-9-7-6-8-10-19/h9,11-14,17H,4-8,10,15-16H2,1-3H3,(H2,24,25,26,27). The van der Waals surface area contributed by atoms with Crippen LogP contribution in [0.1, 0.15) is 51.8 Å². The van der Waals surface area contributed by atoms with Crippen LogP contribution in [0, 0.1) is 6.92 Å². The second kappa shape index (κ2) is 10.1. The Bertz CT molecular complexity index is 778. The zero-order valence-electron chi connectivity index (χ0n) is 17.5. The van der Waals surface area contributed by atoms with Gasteiger partial charge in [-0.2, -0.15) is 0 Å². The minimum Gasteiger partial charge on any atom is -0.372 e. The van der Waals surface area contributed by atoms with E-state index < -0.39 is 0 Å². The molecule has 1 aromatic heterocycles. The Balaban J connectivity index is 1.60. The summed E-state index contributed by atoms with van der Waals surface area (Å²) in [6.07, 6.45) is 8.67. The summed E-state index contributed by atoms with van der Waals surface area (Å²) in [4.78, 5) is 11.4. The summed E-state index contributed by atoms with van der Waals surface area (Å²) < 4.78 is 0. The quantitative estimate of drug-likeness (QED) is 0.549. The van der Waals surface area contributed by atoms with E-state index in [0.29, 0.717) is 0 Å². The van der Waals surface area contributed by atoms with E-state index in [9.17, 15) is 0 Å².